The first-order chi connectivity index (χ1) is 12.5. The normalized spacial score (nSPS) is 10.8. The Bertz CT molecular complexity index is 935. The van der Waals surface area contributed by atoms with Crippen LogP contribution in [0.4, 0.5) is 4.39 Å². The zero-order chi connectivity index (χ0) is 18.7. The highest BCUT2D eigenvalue weighted by Gasteiger charge is 2.18. The molecule has 3 aromatic rings. The third-order valence-electron chi connectivity index (χ3n) is 4.14. The minimum atomic E-state index is -0.451. The molecule has 1 heterocycles. The molecule has 0 spiro atoms. The molecule has 0 fully saturated rings. The molecule has 0 saturated heterocycles. The quantitative estimate of drug-likeness (QED) is 0.738. The van der Waals surface area contributed by atoms with E-state index >= 15 is 0 Å². The Kier molecular flexibility index (Phi) is 5.09. The monoisotopic (exact) mass is 354 g/mol. The lowest BCUT2D eigenvalue weighted by atomic mass is 10.1. The zero-order valence-corrected chi connectivity index (χ0v) is 14.5. The van der Waals surface area contributed by atoms with Crippen molar-refractivity contribution >= 4 is 5.91 Å². The number of amides is 1. The van der Waals surface area contributed by atoms with Gasteiger partial charge in [-0.25, -0.2) is 4.39 Å². The Hall–Kier alpha value is -3.06. The van der Waals surface area contributed by atoms with Crippen LogP contribution in [0.25, 0.3) is 5.69 Å². The number of aromatic nitrogens is 3. The largest absolute Gasteiger partial charge is 0.390 e. The van der Waals surface area contributed by atoms with Crippen molar-refractivity contribution in [1.29, 1.82) is 0 Å². The van der Waals surface area contributed by atoms with Crippen LogP contribution in [0.5, 0.6) is 0 Å². The predicted molar refractivity (Wildman–Crippen MR) is 94.3 cm³/mol. The van der Waals surface area contributed by atoms with Crippen LogP contribution in [0.15, 0.2) is 42.5 Å². The van der Waals surface area contributed by atoms with E-state index in [9.17, 15) is 14.3 Å². The number of hydrogen-bond acceptors (Lipinski definition) is 4. The average Bonchev–Trinajstić information content (AvgIpc) is 3.08. The van der Waals surface area contributed by atoms with E-state index in [1.165, 1.54) is 16.9 Å². The van der Waals surface area contributed by atoms with E-state index < -0.39 is 12.5 Å². The number of nitrogens with zero attached hydrogens (tertiary/aromatic N) is 3. The topological polar surface area (TPSA) is 80.0 Å². The Morgan fingerprint density at radius 3 is 2.50 bits per heavy atom. The van der Waals surface area contributed by atoms with Gasteiger partial charge in [0, 0.05) is 6.54 Å². The number of nitrogens with one attached hydrogen (secondary N) is 1. The maximum Gasteiger partial charge on any atom is 0.274 e. The molecular formula is C19H19FN4O2. The number of benzene rings is 2. The van der Waals surface area contributed by atoms with Gasteiger partial charge in [0.15, 0.2) is 5.69 Å². The Morgan fingerprint density at radius 2 is 1.85 bits per heavy atom. The number of hydrogen-bond donors (Lipinski definition) is 2. The maximum atomic E-state index is 12.9. The summed E-state index contributed by atoms with van der Waals surface area (Å²) in [6, 6.07) is 11.6. The van der Waals surface area contributed by atoms with E-state index in [1.807, 2.05) is 32.0 Å². The minimum absolute atomic E-state index is 0.0628. The van der Waals surface area contributed by atoms with Crippen molar-refractivity contribution in [3.05, 3.63) is 76.4 Å². The number of aryl methyl sites for hydroxylation is 2. The van der Waals surface area contributed by atoms with Crippen molar-refractivity contribution < 1.29 is 14.3 Å². The smallest absolute Gasteiger partial charge is 0.274 e. The molecule has 134 valence electrons. The third kappa shape index (κ3) is 3.78. The second kappa shape index (κ2) is 7.45. The SMILES string of the molecule is Cc1ccc(-n2nc(CO)c(C(=O)NCc3ccc(F)cc3)n2)cc1C. The summed E-state index contributed by atoms with van der Waals surface area (Å²) in [5.41, 5.74) is 3.94. The molecule has 2 aromatic carbocycles. The van der Waals surface area contributed by atoms with Crippen LogP contribution in [0, 0.1) is 19.7 Å². The average molecular weight is 354 g/mol. The van der Waals surface area contributed by atoms with Gasteiger partial charge in [-0.3, -0.25) is 4.79 Å². The fourth-order valence-corrected chi connectivity index (χ4v) is 2.45. The molecule has 7 heteroatoms. The van der Waals surface area contributed by atoms with Crippen molar-refractivity contribution in [3.63, 3.8) is 0 Å². The maximum absolute atomic E-state index is 12.9. The number of rotatable bonds is 5. The number of carbonyl (C=O) groups is 1. The number of carbonyl (C=O) groups excluding carboxylic acids is 1. The highest BCUT2D eigenvalue weighted by molar-refractivity contribution is 5.93. The van der Waals surface area contributed by atoms with E-state index in [-0.39, 0.29) is 23.7 Å². The Balaban J connectivity index is 1.80. The van der Waals surface area contributed by atoms with Crippen LogP contribution in [-0.2, 0) is 13.2 Å². The summed E-state index contributed by atoms with van der Waals surface area (Å²) in [6.45, 7) is 3.80. The fraction of sp³-hybridized carbons (Fsp3) is 0.211. The first-order valence-corrected chi connectivity index (χ1v) is 8.15. The van der Waals surface area contributed by atoms with E-state index in [4.69, 9.17) is 0 Å². The minimum Gasteiger partial charge on any atom is -0.390 e. The molecule has 0 aliphatic carbocycles. The van der Waals surface area contributed by atoms with Crippen LogP contribution in [0.1, 0.15) is 32.9 Å². The molecule has 0 aliphatic heterocycles. The number of halogens is 1. The van der Waals surface area contributed by atoms with Crippen LogP contribution in [0.3, 0.4) is 0 Å². The van der Waals surface area contributed by atoms with Gasteiger partial charge in [0.2, 0.25) is 0 Å². The summed E-state index contributed by atoms with van der Waals surface area (Å²) in [7, 11) is 0. The molecule has 0 radical (unpaired) electrons. The summed E-state index contributed by atoms with van der Waals surface area (Å²) in [5, 5.41) is 20.6. The molecule has 26 heavy (non-hydrogen) atoms. The Labute approximate surface area is 150 Å². The van der Waals surface area contributed by atoms with E-state index in [0.29, 0.717) is 5.69 Å². The van der Waals surface area contributed by atoms with Crippen molar-refractivity contribution in [1.82, 2.24) is 20.3 Å². The summed E-state index contributed by atoms with van der Waals surface area (Å²) >= 11 is 0. The van der Waals surface area contributed by atoms with Crippen LogP contribution < -0.4 is 5.32 Å². The standard InChI is InChI=1S/C19H19FN4O2/c1-12-3-8-16(9-13(12)2)24-22-17(11-25)18(23-24)19(26)21-10-14-4-6-15(20)7-5-14/h3-9,25H,10-11H2,1-2H3,(H,21,26). The van der Waals surface area contributed by atoms with Gasteiger partial charge in [-0.2, -0.15) is 4.80 Å². The second-order valence-corrected chi connectivity index (χ2v) is 6.02. The molecule has 0 atom stereocenters. The van der Waals surface area contributed by atoms with Crippen LogP contribution in [0.2, 0.25) is 0 Å². The van der Waals surface area contributed by atoms with Gasteiger partial charge in [0.25, 0.3) is 5.91 Å². The van der Waals surface area contributed by atoms with Gasteiger partial charge in [0.1, 0.15) is 11.5 Å². The van der Waals surface area contributed by atoms with Gasteiger partial charge in [0.05, 0.1) is 12.3 Å². The lowest BCUT2D eigenvalue weighted by Gasteiger charge is -2.04. The number of aliphatic hydroxyl groups excluding tert-OH is 1. The van der Waals surface area contributed by atoms with Crippen LogP contribution in [-0.4, -0.2) is 26.0 Å². The zero-order valence-electron chi connectivity index (χ0n) is 14.5. The molecule has 6 nitrogen and oxygen atoms in total. The summed E-state index contributed by atoms with van der Waals surface area (Å²) in [6.07, 6.45) is 0. The molecule has 0 bridgehead atoms. The lowest BCUT2D eigenvalue weighted by Crippen LogP contribution is -2.24. The van der Waals surface area contributed by atoms with Crippen molar-refractivity contribution in [2.45, 2.75) is 27.0 Å². The third-order valence-corrected chi connectivity index (χ3v) is 4.14. The highest BCUT2D eigenvalue weighted by atomic mass is 19.1. The second-order valence-electron chi connectivity index (χ2n) is 6.02. The first kappa shape index (κ1) is 17.8. The van der Waals surface area contributed by atoms with Gasteiger partial charge in [-0.15, -0.1) is 10.2 Å². The molecule has 1 amide bonds. The molecule has 1 aromatic heterocycles. The molecule has 2 N–H and O–H groups in total. The molecule has 0 unspecified atom stereocenters. The number of aliphatic hydroxyl groups is 1. The van der Waals surface area contributed by atoms with Gasteiger partial charge in [-0.1, -0.05) is 18.2 Å². The Morgan fingerprint density at radius 1 is 1.12 bits per heavy atom. The molecule has 0 aliphatic rings. The van der Waals surface area contributed by atoms with Crippen molar-refractivity contribution in [3.8, 4) is 5.69 Å². The fourth-order valence-electron chi connectivity index (χ4n) is 2.45. The first-order valence-electron chi connectivity index (χ1n) is 8.15. The molecule has 0 saturated carbocycles. The van der Waals surface area contributed by atoms with Gasteiger partial charge in [-0.05, 0) is 54.8 Å². The van der Waals surface area contributed by atoms with Gasteiger partial charge < -0.3 is 10.4 Å². The van der Waals surface area contributed by atoms with Crippen molar-refractivity contribution in [2.75, 3.05) is 0 Å². The van der Waals surface area contributed by atoms with Crippen LogP contribution >= 0.6 is 0 Å². The lowest BCUT2D eigenvalue weighted by molar-refractivity contribution is 0.0942. The highest BCUT2D eigenvalue weighted by Crippen LogP contribution is 2.14. The molecular weight excluding hydrogens is 335 g/mol. The van der Waals surface area contributed by atoms with Crippen molar-refractivity contribution in [2.24, 2.45) is 0 Å². The van der Waals surface area contributed by atoms with E-state index in [1.54, 1.807) is 12.1 Å². The van der Waals surface area contributed by atoms with Gasteiger partial charge >= 0.3 is 0 Å². The summed E-state index contributed by atoms with van der Waals surface area (Å²) in [4.78, 5) is 13.8. The predicted octanol–water partition coefficient (Wildman–Crippen LogP) is 2.45. The van der Waals surface area contributed by atoms with E-state index in [2.05, 4.69) is 15.5 Å². The molecule has 3 rings (SSSR count). The summed E-state index contributed by atoms with van der Waals surface area (Å²) < 4.78 is 12.9. The summed E-state index contributed by atoms with van der Waals surface area (Å²) in [5.74, 6) is -0.785. The van der Waals surface area contributed by atoms with E-state index in [0.717, 1.165) is 16.7 Å².